The smallest absolute Gasteiger partial charge is 0.163 e. The monoisotopic (exact) mass is 309 g/mol. The van der Waals surface area contributed by atoms with Crippen LogP contribution in [-0.2, 0) is 6.54 Å². The zero-order valence-corrected chi connectivity index (χ0v) is 12.2. The first-order valence-electron chi connectivity index (χ1n) is 6.30. The van der Waals surface area contributed by atoms with Crippen molar-refractivity contribution < 1.29 is 9.47 Å². The second kappa shape index (κ2) is 5.81. The second-order valence-electron chi connectivity index (χ2n) is 4.41. The molecule has 0 fully saturated rings. The fourth-order valence-corrected chi connectivity index (χ4v) is 2.58. The molecule has 1 aliphatic rings. The molecule has 0 saturated heterocycles. The number of rotatable bonds is 3. The van der Waals surface area contributed by atoms with Gasteiger partial charge in [0.1, 0.15) is 13.2 Å². The predicted molar refractivity (Wildman–Crippen MR) is 81.2 cm³/mol. The minimum atomic E-state index is 0.554. The molecule has 3 rings (SSSR count). The summed E-state index contributed by atoms with van der Waals surface area (Å²) in [5.41, 5.74) is 1.82. The van der Waals surface area contributed by atoms with E-state index >= 15 is 0 Å². The number of anilines is 1. The standard InChI is InChI=1S/C15H13Cl2NO2/c16-12-2-1-3-13(17)11(12)9-18-10-4-5-14-15(8-10)20-7-6-19-14/h1-5,8,18H,6-7,9H2. The van der Waals surface area contributed by atoms with Crippen molar-refractivity contribution in [3.63, 3.8) is 0 Å². The van der Waals surface area contributed by atoms with Crippen molar-refractivity contribution in [1.29, 1.82) is 0 Å². The van der Waals surface area contributed by atoms with Gasteiger partial charge in [0, 0.05) is 33.9 Å². The molecule has 1 N–H and O–H groups in total. The molecule has 0 radical (unpaired) electrons. The maximum absolute atomic E-state index is 6.14. The van der Waals surface area contributed by atoms with Crippen molar-refractivity contribution in [3.8, 4) is 11.5 Å². The molecule has 3 nitrogen and oxygen atoms in total. The van der Waals surface area contributed by atoms with Gasteiger partial charge < -0.3 is 14.8 Å². The minimum Gasteiger partial charge on any atom is -0.486 e. The highest BCUT2D eigenvalue weighted by Crippen LogP contribution is 2.33. The van der Waals surface area contributed by atoms with E-state index < -0.39 is 0 Å². The van der Waals surface area contributed by atoms with Crippen LogP contribution in [0.5, 0.6) is 11.5 Å². The van der Waals surface area contributed by atoms with Crippen LogP contribution in [0.15, 0.2) is 36.4 Å². The van der Waals surface area contributed by atoms with E-state index in [2.05, 4.69) is 5.32 Å². The van der Waals surface area contributed by atoms with Crippen molar-refractivity contribution in [1.82, 2.24) is 0 Å². The first kappa shape index (κ1) is 13.4. The molecule has 0 amide bonds. The lowest BCUT2D eigenvalue weighted by Gasteiger charge is -2.19. The first-order chi connectivity index (χ1) is 9.74. The Labute approximate surface area is 127 Å². The molecular weight excluding hydrogens is 297 g/mol. The van der Waals surface area contributed by atoms with Crippen molar-refractivity contribution in [2.24, 2.45) is 0 Å². The molecule has 0 bridgehead atoms. The van der Waals surface area contributed by atoms with Crippen LogP contribution in [0.1, 0.15) is 5.56 Å². The van der Waals surface area contributed by atoms with E-state index in [4.69, 9.17) is 32.7 Å². The number of nitrogens with one attached hydrogen (secondary N) is 1. The van der Waals surface area contributed by atoms with Gasteiger partial charge in [-0.05, 0) is 24.3 Å². The Morgan fingerprint density at radius 1 is 0.950 bits per heavy atom. The van der Waals surface area contributed by atoms with Crippen LogP contribution in [0.2, 0.25) is 10.0 Å². The Balaban J connectivity index is 1.75. The molecular formula is C15H13Cl2NO2. The van der Waals surface area contributed by atoms with Gasteiger partial charge in [-0.3, -0.25) is 0 Å². The maximum atomic E-state index is 6.14. The molecule has 20 heavy (non-hydrogen) atoms. The highest BCUT2D eigenvalue weighted by molar-refractivity contribution is 6.36. The molecule has 0 aromatic heterocycles. The van der Waals surface area contributed by atoms with E-state index in [9.17, 15) is 0 Å². The van der Waals surface area contributed by atoms with Gasteiger partial charge in [-0.1, -0.05) is 29.3 Å². The number of ether oxygens (including phenoxy) is 2. The summed E-state index contributed by atoms with van der Waals surface area (Å²) >= 11 is 12.3. The summed E-state index contributed by atoms with van der Waals surface area (Å²) in [6.07, 6.45) is 0. The highest BCUT2D eigenvalue weighted by atomic mass is 35.5. The molecule has 0 saturated carbocycles. The Bertz CT molecular complexity index is 611. The van der Waals surface area contributed by atoms with Crippen LogP contribution in [0.25, 0.3) is 0 Å². The topological polar surface area (TPSA) is 30.5 Å². The van der Waals surface area contributed by atoms with E-state index in [0.29, 0.717) is 29.8 Å². The number of fused-ring (bicyclic) bond motifs is 1. The summed E-state index contributed by atoms with van der Waals surface area (Å²) in [6, 6.07) is 11.2. The van der Waals surface area contributed by atoms with Crippen molar-refractivity contribution in [2.75, 3.05) is 18.5 Å². The van der Waals surface area contributed by atoms with Crippen LogP contribution in [0, 0.1) is 0 Å². The average Bonchev–Trinajstić information content (AvgIpc) is 2.46. The lowest BCUT2D eigenvalue weighted by Crippen LogP contribution is -2.15. The molecule has 0 aliphatic carbocycles. The Hall–Kier alpha value is -1.58. The Morgan fingerprint density at radius 2 is 1.65 bits per heavy atom. The van der Waals surface area contributed by atoms with E-state index in [1.807, 2.05) is 36.4 Å². The van der Waals surface area contributed by atoms with E-state index in [-0.39, 0.29) is 0 Å². The van der Waals surface area contributed by atoms with Crippen LogP contribution in [0.4, 0.5) is 5.69 Å². The number of halogens is 2. The summed E-state index contributed by atoms with van der Waals surface area (Å²) in [6.45, 7) is 1.72. The van der Waals surface area contributed by atoms with E-state index in [1.165, 1.54) is 0 Å². The minimum absolute atomic E-state index is 0.554. The lowest BCUT2D eigenvalue weighted by atomic mass is 10.2. The predicted octanol–water partition coefficient (Wildman–Crippen LogP) is 4.38. The van der Waals surface area contributed by atoms with E-state index in [1.54, 1.807) is 0 Å². The summed E-state index contributed by atoms with van der Waals surface area (Å²) in [4.78, 5) is 0. The fraction of sp³-hybridized carbons (Fsp3) is 0.200. The quantitative estimate of drug-likeness (QED) is 0.913. The molecule has 2 aromatic rings. The fourth-order valence-electron chi connectivity index (χ4n) is 2.04. The second-order valence-corrected chi connectivity index (χ2v) is 5.23. The van der Waals surface area contributed by atoms with Gasteiger partial charge in [0.25, 0.3) is 0 Å². The van der Waals surface area contributed by atoms with Crippen molar-refractivity contribution >= 4 is 28.9 Å². The maximum Gasteiger partial charge on any atom is 0.163 e. The summed E-state index contributed by atoms with van der Waals surface area (Å²) in [7, 11) is 0. The normalized spacial score (nSPS) is 13.1. The van der Waals surface area contributed by atoms with Crippen molar-refractivity contribution in [3.05, 3.63) is 52.0 Å². The van der Waals surface area contributed by atoms with Gasteiger partial charge in [-0.15, -0.1) is 0 Å². The van der Waals surface area contributed by atoms with Gasteiger partial charge in [0.2, 0.25) is 0 Å². The molecule has 1 aliphatic heterocycles. The summed E-state index contributed by atoms with van der Waals surface area (Å²) in [5.74, 6) is 1.53. The van der Waals surface area contributed by atoms with Gasteiger partial charge in [0.05, 0.1) is 0 Å². The van der Waals surface area contributed by atoms with Crippen LogP contribution in [-0.4, -0.2) is 13.2 Å². The molecule has 0 spiro atoms. The Morgan fingerprint density at radius 3 is 2.40 bits per heavy atom. The van der Waals surface area contributed by atoms with Gasteiger partial charge in [-0.25, -0.2) is 0 Å². The molecule has 5 heteroatoms. The molecule has 104 valence electrons. The summed E-state index contributed by atoms with van der Waals surface area (Å²) in [5, 5.41) is 4.60. The number of hydrogen-bond acceptors (Lipinski definition) is 3. The SMILES string of the molecule is Clc1cccc(Cl)c1CNc1ccc2c(c1)OCCO2. The third kappa shape index (κ3) is 2.79. The third-order valence-electron chi connectivity index (χ3n) is 3.07. The van der Waals surface area contributed by atoms with Crippen LogP contribution < -0.4 is 14.8 Å². The first-order valence-corrected chi connectivity index (χ1v) is 7.06. The average molecular weight is 310 g/mol. The molecule has 1 heterocycles. The van der Waals surface area contributed by atoms with Gasteiger partial charge in [0.15, 0.2) is 11.5 Å². The van der Waals surface area contributed by atoms with Crippen LogP contribution in [0.3, 0.4) is 0 Å². The van der Waals surface area contributed by atoms with Gasteiger partial charge in [-0.2, -0.15) is 0 Å². The van der Waals surface area contributed by atoms with Crippen molar-refractivity contribution in [2.45, 2.75) is 6.54 Å². The highest BCUT2D eigenvalue weighted by Gasteiger charge is 2.12. The molecule has 2 aromatic carbocycles. The molecule has 0 atom stereocenters. The summed E-state index contributed by atoms with van der Waals surface area (Å²) < 4.78 is 11.0. The third-order valence-corrected chi connectivity index (χ3v) is 3.78. The Kier molecular flexibility index (Phi) is 3.90. The zero-order chi connectivity index (χ0) is 13.9. The largest absolute Gasteiger partial charge is 0.486 e. The number of hydrogen-bond donors (Lipinski definition) is 1. The lowest BCUT2D eigenvalue weighted by molar-refractivity contribution is 0.171. The zero-order valence-electron chi connectivity index (χ0n) is 10.7. The van der Waals surface area contributed by atoms with Crippen LogP contribution >= 0.6 is 23.2 Å². The van der Waals surface area contributed by atoms with E-state index in [0.717, 1.165) is 22.7 Å². The molecule has 0 unspecified atom stereocenters. The van der Waals surface area contributed by atoms with Gasteiger partial charge >= 0.3 is 0 Å². The number of benzene rings is 2.